The molecule has 94 valence electrons. The first-order valence-electron chi connectivity index (χ1n) is 5.29. The first-order valence-corrected chi connectivity index (χ1v) is 7.87. The molecule has 1 saturated heterocycles. The van der Waals surface area contributed by atoms with E-state index in [0.717, 1.165) is 5.56 Å². The van der Waals surface area contributed by atoms with E-state index in [1.807, 2.05) is 0 Å². The van der Waals surface area contributed by atoms with Crippen molar-refractivity contribution < 1.29 is 8.42 Å². The third-order valence-electron chi connectivity index (χ3n) is 3.05. The van der Waals surface area contributed by atoms with Crippen LogP contribution in [0.5, 0.6) is 0 Å². The van der Waals surface area contributed by atoms with Gasteiger partial charge in [0.05, 0.1) is 11.5 Å². The lowest BCUT2D eigenvalue weighted by molar-refractivity contribution is 0.480. The Morgan fingerprint density at radius 2 is 1.82 bits per heavy atom. The molecule has 3 nitrogen and oxygen atoms in total. The number of rotatable bonds is 2. The molecule has 1 heterocycles. The number of hydrogen-bond donors (Lipinski definition) is 1. The molecule has 1 aromatic rings. The molecule has 0 saturated carbocycles. The van der Waals surface area contributed by atoms with Crippen molar-refractivity contribution in [2.24, 2.45) is 11.7 Å². The highest BCUT2D eigenvalue weighted by atomic mass is 35.5. The van der Waals surface area contributed by atoms with E-state index in [9.17, 15) is 8.42 Å². The summed E-state index contributed by atoms with van der Waals surface area (Å²) in [5.74, 6) is 0.326. The molecule has 2 unspecified atom stereocenters. The molecule has 2 atom stereocenters. The number of nitrogens with two attached hydrogens (primary N) is 1. The smallest absolute Gasteiger partial charge is 0.150 e. The van der Waals surface area contributed by atoms with Gasteiger partial charge < -0.3 is 5.73 Å². The van der Waals surface area contributed by atoms with Crippen molar-refractivity contribution in [1.29, 1.82) is 0 Å². The van der Waals surface area contributed by atoms with E-state index < -0.39 is 9.84 Å². The summed E-state index contributed by atoms with van der Waals surface area (Å²) in [6.07, 6.45) is 0.605. The second-order valence-corrected chi connectivity index (χ2v) is 7.49. The van der Waals surface area contributed by atoms with Gasteiger partial charge in [0.15, 0.2) is 9.84 Å². The van der Waals surface area contributed by atoms with Crippen LogP contribution in [0.4, 0.5) is 0 Å². The first-order chi connectivity index (χ1) is 7.87. The van der Waals surface area contributed by atoms with Gasteiger partial charge in [-0.3, -0.25) is 0 Å². The Morgan fingerprint density at radius 1 is 1.24 bits per heavy atom. The number of hydrogen-bond acceptors (Lipinski definition) is 3. The van der Waals surface area contributed by atoms with Gasteiger partial charge in [-0.05, 0) is 36.1 Å². The maximum atomic E-state index is 11.4. The Hall–Kier alpha value is -0.290. The minimum Gasteiger partial charge on any atom is -0.324 e. The van der Waals surface area contributed by atoms with Crippen LogP contribution in [0.1, 0.15) is 18.0 Å². The van der Waals surface area contributed by atoms with Gasteiger partial charge in [0.2, 0.25) is 0 Å². The molecular formula is C11H13Cl2NO2S. The molecule has 2 rings (SSSR count). The summed E-state index contributed by atoms with van der Waals surface area (Å²) < 4.78 is 22.8. The van der Waals surface area contributed by atoms with Crippen LogP contribution in [-0.2, 0) is 9.84 Å². The van der Waals surface area contributed by atoms with E-state index in [4.69, 9.17) is 28.9 Å². The lowest BCUT2D eigenvalue weighted by Gasteiger charge is -2.18. The predicted octanol–water partition coefficient (Wildman–Crippen LogP) is 2.43. The summed E-state index contributed by atoms with van der Waals surface area (Å²) in [5, 5.41) is 1.03. The van der Waals surface area contributed by atoms with Crippen molar-refractivity contribution in [2.75, 3.05) is 11.5 Å². The standard InChI is InChI=1S/C11H13Cl2NO2S/c12-9-3-8(4-10(13)5-9)11(14)7-1-2-17(15,16)6-7/h3-5,7,11H,1-2,6,14H2. The van der Waals surface area contributed by atoms with Crippen LogP contribution in [0.15, 0.2) is 18.2 Å². The third-order valence-corrected chi connectivity index (χ3v) is 5.28. The molecule has 17 heavy (non-hydrogen) atoms. The van der Waals surface area contributed by atoms with Crippen molar-refractivity contribution in [3.05, 3.63) is 33.8 Å². The zero-order valence-electron chi connectivity index (χ0n) is 9.07. The Bertz CT molecular complexity index is 510. The largest absolute Gasteiger partial charge is 0.324 e. The van der Waals surface area contributed by atoms with E-state index in [-0.39, 0.29) is 23.5 Å². The van der Waals surface area contributed by atoms with Crippen molar-refractivity contribution in [3.63, 3.8) is 0 Å². The van der Waals surface area contributed by atoms with E-state index in [1.54, 1.807) is 18.2 Å². The van der Waals surface area contributed by atoms with E-state index in [2.05, 4.69) is 0 Å². The zero-order valence-corrected chi connectivity index (χ0v) is 11.4. The quantitative estimate of drug-likeness (QED) is 0.911. The molecule has 2 N–H and O–H groups in total. The van der Waals surface area contributed by atoms with Gasteiger partial charge in [-0.1, -0.05) is 23.2 Å². The fraction of sp³-hybridized carbons (Fsp3) is 0.455. The van der Waals surface area contributed by atoms with Gasteiger partial charge in [0, 0.05) is 16.1 Å². The summed E-state index contributed by atoms with van der Waals surface area (Å²) in [4.78, 5) is 0. The summed E-state index contributed by atoms with van der Waals surface area (Å²) in [7, 11) is -2.91. The molecule has 0 aromatic heterocycles. The minimum atomic E-state index is -2.91. The van der Waals surface area contributed by atoms with Crippen LogP contribution in [0, 0.1) is 5.92 Å². The maximum Gasteiger partial charge on any atom is 0.150 e. The van der Waals surface area contributed by atoms with E-state index in [1.165, 1.54) is 0 Å². The zero-order chi connectivity index (χ0) is 12.6. The average molecular weight is 294 g/mol. The maximum absolute atomic E-state index is 11.4. The SMILES string of the molecule is NC(c1cc(Cl)cc(Cl)c1)C1CCS(=O)(=O)C1. The summed E-state index contributed by atoms with van der Waals surface area (Å²) in [5.41, 5.74) is 6.87. The molecule has 0 bridgehead atoms. The van der Waals surface area contributed by atoms with Gasteiger partial charge in [0.1, 0.15) is 0 Å². The van der Waals surface area contributed by atoms with Crippen molar-refractivity contribution in [2.45, 2.75) is 12.5 Å². The summed E-state index contributed by atoms with van der Waals surface area (Å²) in [6, 6.07) is 4.78. The minimum absolute atomic E-state index is 0.0467. The van der Waals surface area contributed by atoms with Crippen LogP contribution in [0.2, 0.25) is 10.0 Å². The molecule has 0 amide bonds. The molecule has 1 fully saturated rings. The average Bonchev–Trinajstić information content (AvgIpc) is 2.56. The lowest BCUT2D eigenvalue weighted by atomic mass is 9.93. The van der Waals surface area contributed by atoms with Gasteiger partial charge in [0.25, 0.3) is 0 Å². The second kappa shape index (κ2) is 4.76. The van der Waals surface area contributed by atoms with Crippen molar-refractivity contribution in [1.82, 2.24) is 0 Å². The normalized spacial score (nSPS) is 24.8. The number of benzene rings is 1. The molecule has 1 aromatic carbocycles. The molecule has 1 aliphatic rings. The highest BCUT2D eigenvalue weighted by molar-refractivity contribution is 7.91. The molecule has 0 spiro atoms. The fourth-order valence-electron chi connectivity index (χ4n) is 2.15. The van der Waals surface area contributed by atoms with Crippen LogP contribution in [0.25, 0.3) is 0 Å². The Kier molecular flexibility index (Phi) is 3.69. The van der Waals surface area contributed by atoms with Crippen LogP contribution in [0.3, 0.4) is 0 Å². The number of sulfone groups is 1. The van der Waals surface area contributed by atoms with Gasteiger partial charge in [-0.15, -0.1) is 0 Å². The van der Waals surface area contributed by atoms with E-state index in [0.29, 0.717) is 16.5 Å². The molecular weight excluding hydrogens is 281 g/mol. The van der Waals surface area contributed by atoms with Crippen LogP contribution >= 0.6 is 23.2 Å². The Morgan fingerprint density at radius 3 is 2.29 bits per heavy atom. The van der Waals surface area contributed by atoms with Gasteiger partial charge in [-0.2, -0.15) is 0 Å². The van der Waals surface area contributed by atoms with Crippen LogP contribution < -0.4 is 5.73 Å². The third kappa shape index (κ3) is 3.13. The fourth-order valence-corrected chi connectivity index (χ4v) is 4.54. The number of halogens is 2. The topological polar surface area (TPSA) is 60.2 Å². The van der Waals surface area contributed by atoms with Gasteiger partial charge in [-0.25, -0.2) is 8.42 Å². The highest BCUT2D eigenvalue weighted by Crippen LogP contribution is 2.32. The summed E-state index contributed by atoms with van der Waals surface area (Å²) >= 11 is 11.8. The predicted molar refractivity (Wildman–Crippen MR) is 70.2 cm³/mol. The van der Waals surface area contributed by atoms with Crippen molar-refractivity contribution >= 4 is 33.0 Å². The molecule has 6 heteroatoms. The first kappa shape index (κ1) is 13.1. The highest BCUT2D eigenvalue weighted by Gasteiger charge is 2.32. The molecule has 0 aliphatic carbocycles. The summed E-state index contributed by atoms with van der Waals surface area (Å²) in [6.45, 7) is 0. The second-order valence-electron chi connectivity index (χ2n) is 4.39. The van der Waals surface area contributed by atoms with Gasteiger partial charge >= 0.3 is 0 Å². The van der Waals surface area contributed by atoms with E-state index >= 15 is 0 Å². The lowest BCUT2D eigenvalue weighted by Crippen LogP contribution is -2.22. The van der Waals surface area contributed by atoms with Crippen molar-refractivity contribution in [3.8, 4) is 0 Å². The molecule has 1 aliphatic heterocycles. The Balaban J connectivity index is 2.23. The monoisotopic (exact) mass is 293 g/mol. The van der Waals surface area contributed by atoms with Crippen LogP contribution in [-0.4, -0.2) is 19.9 Å². The molecule has 0 radical (unpaired) electrons. The Labute approximate surface area is 111 Å².